The molecule has 0 aromatic heterocycles. The predicted octanol–water partition coefficient (Wildman–Crippen LogP) is 1.73. The first-order valence-electron chi connectivity index (χ1n) is 5.77. The molecule has 1 aromatic rings. The largest absolute Gasteiger partial charge is 0.336 e. The Labute approximate surface area is 101 Å². The smallest absolute Gasteiger partial charge is 0.324 e. The monoisotopic (exact) mass is 232 g/mol. The Morgan fingerprint density at radius 2 is 1.88 bits per heavy atom. The molecule has 4 nitrogen and oxygen atoms in total. The van der Waals surface area contributed by atoms with Crippen LogP contribution in [-0.4, -0.2) is 29.4 Å². The lowest BCUT2D eigenvalue weighted by Crippen LogP contribution is -2.56. The maximum absolute atomic E-state index is 12.2. The molecule has 1 N–H and O–H groups in total. The Morgan fingerprint density at radius 3 is 2.47 bits per heavy atom. The number of imide groups is 1. The highest BCUT2D eigenvalue weighted by atomic mass is 16.2. The fourth-order valence-corrected chi connectivity index (χ4v) is 2.06. The quantitative estimate of drug-likeness (QED) is 0.844. The molecule has 1 aromatic carbocycles. The third-order valence-corrected chi connectivity index (χ3v) is 2.93. The van der Waals surface area contributed by atoms with Crippen molar-refractivity contribution < 1.29 is 9.59 Å². The van der Waals surface area contributed by atoms with E-state index in [1.807, 2.05) is 44.2 Å². The van der Waals surface area contributed by atoms with Gasteiger partial charge in [0.15, 0.2) is 0 Å². The van der Waals surface area contributed by atoms with Crippen LogP contribution in [-0.2, 0) is 4.79 Å². The van der Waals surface area contributed by atoms with E-state index in [2.05, 4.69) is 5.32 Å². The molecule has 1 unspecified atom stereocenters. The van der Waals surface area contributed by atoms with Crippen molar-refractivity contribution in [1.29, 1.82) is 0 Å². The molecule has 90 valence electrons. The van der Waals surface area contributed by atoms with E-state index >= 15 is 0 Å². The summed E-state index contributed by atoms with van der Waals surface area (Å²) in [6, 6.07) is 9.13. The molecule has 17 heavy (non-hydrogen) atoms. The highest BCUT2D eigenvalue weighted by molar-refractivity contribution is 6.00. The summed E-state index contributed by atoms with van der Waals surface area (Å²) in [5.74, 6) is -0.383. The average Bonchev–Trinajstić information content (AvgIpc) is 2.30. The van der Waals surface area contributed by atoms with Gasteiger partial charge < -0.3 is 5.32 Å². The summed E-state index contributed by atoms with van der Waals surface area (Å²) in [5.41, 5.74) is 0.947. The number of amides is 3. The molecule has 0 bridgehead atoms. The second-order valence-electron chi connectivity index (χ2n) is 4.45. The van der Waals surface area contributed by atoms with Crippen LogP contribution in [0.25, 0.3) is 0 Å². The van der Waals surface area contributed by atoms with E-state index in [0.29, 0.717) is 6.54 Å². The maximum Gasteiger partial charge on any atom is 0.324 e. The standard InChI is InChI=1S/C13H16N2O2/c1-9(2)15-12(16)11(8-14-13(15)17)10-6-4-3-5-7-10/h3-7,9,11H,8H2,1-2H3,(H,14,17). The summed E-state index contributed by atoms with van der Waals surface area (Å²) in [6.45, 7) is 4.06. The van der Waals surface area contributed by atoms with Crippen molar-refractivity contribution in [2.75, 3.05) is 6.54 Å². The SMILES string of the molecule is CC(C)N1C(=O)NCC(c2ccccc2)C1=O. The van der Waals surface area contributed by atoms with Gasteiger partial charge in [0.1, 0.15) is 0 Å². The van der Waals surface area contributed by atoms with Crippen LogP contribution < -0.4 is 5.32 Å². The van der Waals surface area contributed by atoms with Crippen LogP contribution in [0.1, 0.15) is 25.3 Å². The molecular formula is C13H16N2O2. The first-order chi connectivity index (χ1) is 8.11. The molecule has 0 spiro atoms. The zero-order chi connectivity index (χ0) is 12.4. The third kappa shape index (κ3) is 2.16. The van der Waals surface area contributed by atoms with E-state index in [9.17, 15) is 9.59 Å². The van der Waals surface area contributed by atoms with Crippen molar-refractivity contribution in [3.8, 4) is 0 Å². The molecule has 1 atom stereocenters. The molecule has 3 amide bonds. The van der Waals surface area contributed by atoms with Crippen LogP contribution in [0.2, 0.25) is 0 Å². The van der Waals surface area contributed by atoms with E-state index in [1.54, 1.807) is 0 Å². The first-order valence-corrected chi connectivity index (χ1v) is 5.77. The lowest BCUT2D eigenvalue weighted by atomic mass is 9.95. The van der Waals surface area contributed by atoms with Gasteiger partial charge in [-0.3, -0.25) is 9.69 Å². The van der Waals surface area contributed by atoms with Crippen molar-refractivity contribution in [2.45, 2.75) is 25.8 Å². The van der Waals surface area contributed by atoms with Gasteiger partial charge in [0, 0.05) is 12.6 Å². The summed E-state index contributed by atoms with van der Waals surface area (Å²) < 4.78 is 0. The van der Waals surface area contributed by atoms with Crippen LogP contribution in [0.5, 0.6) is 0 Å². The number of carbonyl (C=O) groups excluding carboxylic acids is 2. The van der Waals surface area contributed by atoms with Gasteiger partial charge in [-0.2, -0.15) is 0 Å². The number of carbonyl (C=O) groups is 2. The average molecular weight is 232 g/mol. The van der Waals surface area contributed by atoms with Gasteiger partial charge in [-0.05, 0) is 19.4 Å². The number of benzene rings is 1. The van der Waals surface area contributed by atoms with E-state index < -0.39 is 0 Å². The molecule has 0 saturated carbocycles. The molecule has 1 heterocycles. The number of rotatable bonds is 2. The minimum atomic E-state index is -0.294. The van der Waals surface area contributed by atoms with Crippen molar-refractivity contribution in [3.05, 3.63) is 35.9 Å². The molecule has 1 saturated heterocycles. The molecule has 0 aliphatic carbocycles. The molecule has 1 aliphatic heterocycles. The number of hydrogen-bond acceptors (Lipinski definition) is 2. The van der Waals surface area contributed by atoms with E-state index in [-0.39, 0.29) is 23.9 Å². The van der Waals surface area contributed by atoms with Crippen LogP contribution >= 0.6 is 0 Å². The summed E-state index contributed by atoms with van der Waals surface area (Å²) in [4.78, 5) is 25.2. The molecule has 0 radical (unpaired) electrons. The van der Waals surface area contributed by atoms with Gasteiger partial charge >= 0.3 is 6.03 Å². The lowest BCUT2D eigenvalue weighted by molar-refractivity contribution is -0.132. The normalized spacial score (nSPS) is 20.6. The second kappa shape index (κ2) is 4.57. The highest BCUT2D eigenvalue weighted by Gasteiger charge is 2.36. The Morgan fingerprint density at radius 1 is 1.24 bits per heavy atom. The van der Waals surface area contributed by atoms with Crippen LogP contribution in [0.4, 0.5) is 4.79 Å². The van der Waals surface area contributed by atoms with Crippen molar-refractivity contribution >= 4 is 11.9 Å². The minimum absolute atomic E-state index is 0.116. The number of nitrogens with one attached hydrogen (secondary N) is 1. The number of nitrogens with zero attached hydrogens (tertiary/aromatic N) is 1. The summed E-state index contributed by atoms with van der Waals surface area (Å²) in [5, 5.41) is 2.76. The van der Waals surface area contributed by atoms with Gasteiger partial charge in [-0.25, -0.2) is 4.79 Å². The topological polar surface area (TPSA) is 49.4 Å². The lowest BCUT2D eigenvalue weighted by Gasteiger charge is -2.34. The maximum atomic E-state index is 12.2. The Hall–Kier alpha value is -1.84. The zero-order valence-corrected chi connectivity index (χ0v) is 10.0. The van der Waals surface area contributed by atoms with Crippen LogP contribution in [0.15, 0.2) is 30.3 Å². The van der Waals surface area contributed by atoms with Gasteiger partial charge in [-0.15, -0.1) is 0 Å². The van der Waals surface area contributed by atoms with Gasteiger partial charge in [0.25, 0.3) is 0 Å². The molecule has 4 heteroatoms. The summed E-state index contributed by atoms with van der Waals surface area (Å²) >= 11 is 0. The van der Waals surface area contributed by atoms with Gasteiger partial charge in [0.05, 0.1) is 5.92 Å². The number of urea groups is 1. The number of hydrogen-bond donors (Lipinski definition) is 1. The van der Waals surface area contributed by atoms with Crippen molar-refractivity contribution in [2.24, 2.45) is 0 Å². The molecular weight excluding hydrogens is 216 g/mol. The van der Waals surface area contributed by atoms with E-state index in [0.717, 1.165) is 5.56 Å². The molecule has 2 rings (SSSR count). The van der Waals surface area contributed by atoms with Crippen LogP contribution in [0.3, 0.4) is 0 Å². The molecule has 1 aliphatic rings. The zero-order valence-electron chi connectivity index (χ0n) is 10.0. The first kappa shape index (κ1) is 11.6. The Kier molecular flexibility index (Phi) is 3.13. The van der Waals surface area contributed by atoms with Gasteiger partial charge in [0.2, 0.25) is 5.91 Å². The van der Waals surface area contributed by atoms with Gasteiger partial charge in [-0.1, -0.05) is 30.3 Å². The Bertz CT molecular complexity index is 428. The fourth-order valence-electron chi connectivity index (χ4n) is 2.06. The highest BCUT2D eigenvalue weighted by Crippen LogP contribution is 2.22. The third-order valence-electron chi connectivity index (χ3n) is 2.93. The summed E-state index contributed by atoms with van der Waals surface area (Å²) in [7, 11) is 0. The minimum Gasteiger partial charge on any atom is -0.336 e. The second-order valence-corrected chi connectivity index (χ2v) is 4.45. The predicted molar refractivity (Wildman–Crippen MR) is 64.6 cm³/mol. The van der Waals surface area contributed by atoms with Crippen LogP contribution in [0, 0.1) is 0 Å². The van der Waals surface area contributed by atoms with E-state index in [4.69, 9.17) is 0 Å². The van der Waals surface area contributed by atoms with Crippen molar-refractivity contribution in [1.82, 2.24) is 10.2 Å². The molecule has 1 fully saturated rings. The summed E-state index contributed by atoms with van der Waals surface area (Å²) in [6.07, 6.45) is 0. The van der Waals surface area contributed by atoms with Crippen molar-refractivity contribution in [3.63, 3.8) is 0 Å². The Balaban J connectivity index is 2.27. The fraction of sp³-hybridized carbons (Fsp3) is 0.385. The van der Waals surface area contributed by atoms with E-state index in [1.165, 1.54) is 4.90 Å².